The van der Waals surface area contributed by atoms with Crippen molar-refractivity contribution in [2.45, 2.75) is 18.5 Å². The Labute approximate surface area is 150 Å². The van der Waals surface area contributed by atoms with Crippen LogP contribution in [0.25, 0.3) is 0 Å². The zero-order valence-electron chi connectivity index (χ0n) is 14.2. The molecule has 0 aliphatic carbocycles. The van der Waals surface area contributed by atoms with E-state index in [1.165, 1.54) is 7.11 Å². The topological polar surface area (TPSA) is 102 Å². The largest absolute Gasteiger partial charge is 0.497 e. The number of benzene rings is 2. The summed E-state index contributed by atoms with van der Waals surface area (Å²) in [7, 11) is 1.52. The number of hydrogen-bond acceptors (Lipinski definition) is 4. The average molecular weight is 353 g/mol. The summed E-state index contributed by atoms with van der Waals surface area (Å²) in [6.07, 6.45) is 0.167. The van der Waals surface area contributed by atoms with Gasteiger partial charge in [-0.15, -0.1) is 0 Å². The molecule has 4 amide bonds. The van der Waals surface area contributed by atoms with E-state index in [1.54, 1.807) is 24.3 Å². The number of nitrogens with two attached hydrogens (primary N) is 1. The number of primary amides is 1. The molecule has 0 spiro atoms. The molecule has 2 aromatic rings. The summed E-state index contributed by atoms with van der Waals surface area (Å²) in [4.78, 5) is 38.1. The van der Waals surface area contributed by atoms with E-state index in [2.05, 4.69) is 5.32 Å². The summed E-state index contributed by atoms with van der Waals surface area (Å²) in [5.74, 6) is -0.676. The number of ether oxygens (including phenoxy) is 1. The van der Waals surface area contributed by atoms with Crippen LogP contribution in [-0.4, -0.2) is 35.9 Å². The second-order valence-electron chi connectivity index (χ2n) is 5.98. The molecule has 1 saturated heterocycles. The first-order chi connectivity index (χ1) is 12.5. The van der Waals surface area contributed by atoms with Gasteiger partial charge in [0.25, 0.3) is 5.91 Å². The minimum absolute atomic E-state index is 0.167. The number of rotatable bonds is 6. The second-order valence-corrected chi connectivity index (χ2v) is 5.98. The number of carbonyl (C=O) groups is 3. The molecule has 1 aliphatic rings. The lowest BCUT2D eigenvalue weighted by Gasteiger charge is -2.22. The lowest BCUT2D eigenvalue weighted by molar-refractivity contribution is -0.134. The number of hydrogen-bond donors (Lipinski definition) is 2. The highest BCUT2D eigenvalue weighted by molar-refractivity contribution is 6.07. The van der Waals surface area contributed by atoms with Crippen molar-refractivity contribution in [1.82, 2.24) is 10.2 Å². The van der Waals surface area contributed by atoms with E-state index in [1.807, 2.05) is 30.3 Å². The third-order valence-electron chi connectivity index (χ3n) is 4.31. The number of urea groups is 1. The van der Waals surface area contributed by atoms with Crippen LogP contribution in [0, 0.1) is 0 Å². The van der Waals surface area contributed by atoms with Gasteiger partial charge >= 0.3 is 6.03 Å². The number of nitrogens with one attached hydrogen (secondary N) is 1. The van der Waals surface area contributed by atoms with Crippen molar-refractivity contribution in [3.63, 3.8) is 0 Å². The molecule has 134 valence electrons. The van der Waals surface area contributed by atoms with Gasteiger partial charge < -0.3 is 15.8 Å². The number of imide groups is 1. The minimum Gasteiger partial charge on any atom is -0.497 e. The number of amides is 4. The third kappa shape index (κ3) is 3.37. The van der Waals surface area contributed by atoms with Crippen molar-refractivity contribution < 1.29 is 19.1 Å². The lowest BCUT2D eigenvalue weighted by atomic mass is 10.0. The van der Waals surface area contributed by atoms with E-state index in [4.69, 9.17) is 10.5 Å². The normalized spacial score (nSPS) is 17.7. The number of methoxy groups -OCH3 is 1. The summed E-state index contributed by atoms with van der Waals surface area (Å²) >= 11 is 0. The van der Waals surface area contributed by atoms with Crippen molar-refractivity contribution >= 4 is 17.8 Å². The molecule has 1 unspecified atom stereocenters. The molecule has 1 heterocycles. The molecule has 0 radical (unpaired) electrons. The van der Waals surface area contributed by atoms with E-state index in [9.17, 15) is 14.4 Å². The van der Waals surface area contributed by atoms with Gasteiger partial charge in [-0.25, -0.2) is 9.69 Å². The Morgan fingerprint density at radius 2 is 1.92 bits per heavy atom. The zero-order valence-corrected chi connectivity index (χ0v) is 14.2. The number of nitrogens with zero attached hydrogens (tertiary/aromatic N) is 1. The Balaban J connectivity index is 1.87. The molecule has 3 N–H and O–H groups in total. The molecular weight excluding hydrogens is 334 g/mol. The Hall–Kier alpha value is -3.35. The fraction of sp³-hybridized carbons (Fsp3) is 0.211. The van der Waals surface area contributed by atoms with Gasteiger partial charge in [-0.2, -0.15) is 0 Å². The van der Waals surface area contributed by atoms with Gasteiger partial charge in [0.2, 0.25) is 5.91 Å². The zero-order chi connectivity index (χ0) is 18.7. The van der Waals surface area contributed by atoms with Crippen LogP contribution >= 0.6 is 0 Å². The fourth-order valence-electron chi connectivity index (χ4n) is 2.99. The smallest absolute Gasteiger partial charge is 0.325 e. The van der Waals surface area contributed by atoms with Gasteiger partial charge in [0.15, 0.2) is 0 Å². The number of carbonyl (C=O) groups excluding carboxylic acids is 3. The summed E-state index contributed by atoms with van der Waals surface area (Å²) < 4.78 is 5.16. The van der Waals surface area contributed by atoms with Crippen molar-refractivity contribution in [1.29, 1.82) is 0 Å². The van der Waals surface area contributed by atoms with Crippen LogP contribution in [0.5, 0.6) is 5.75 Å². The van der Waals surface area contributed by atoms with Crippen LogP contribution < -0.4 is 15.8 Å². The SMILES string of the molecule is COc1cccc(C2NC(=O)N([C@@H](Cc3ccccc3)C(N)=O)C2=O)c1. The molecule has 26 heavy (non-hydrogen) atoms. The highest BCUT2D eigenvalue weighted by Crippen LogP contribution is 2.27. The standard InChI is InChI=1S/C19H19N3O4/c1-26-14-9-5-8-13(11-14)16-18(24)22(19(25)21-16)15(17(20)23)10-12-6-3-2-4-7-12/h2-9,11,15-16H,10H2,1H3,(H2,20,23)(H,21,25)/t15-,16?/m0/s1. The molecule has 7 nitrogen and oxygen atoms in total. The fourth-order valence-corrected chi connectivity index (χ4v) is 2.99. The monoisotopic (exact) mass is 353 g/mol. The van der Waals surface area contributed by atoms with E-state index in [0.29, 0.717) is 11.3 Å². The van der Waals surface area contributed by atoms with E-state index < -0.39 is 29.9 Å². The summed E-state index contributed by atoms with van der Waals surface area (Å²) in [6.45, 7) is 0. The van der Waals surface area contributed by atoms with Crippen LogP contribution in [0.3, 0.4) is 0 Å². The van der Waals surface area contributed by atoms with Gasteiger partial charge in [0, 0.05) is 6.42 Å². The molecule has 3 rings (SSSR count). The lowest BCUT2D eigenvalue weighted by Crippen LogP contribution is -2.49. The first-order valence-corrected chi connectivity index (χ1v) is 8.12. The Kier molecular flexibility index (Phi) is 4.88. The highest BCUT2D eigenvalue weighted by Gasteiger charge is 2.44. The van der Waals surface area contributed by atoms with E-state index in [0.717, 1.165) is 10.5 Å². The third-order valence-corrected chi connectivity index (χ3v) is 4.31. The predicted molar refractivity (Wildman–Crippen MR) is 94.2 cm³/mol. The molecule has 1 aliphatic heterocycles. The highest BCUT2D eigenvalue weighted by atomic mass is 16.5. The first-order valence-electron chi connectivity index (χ1n) is 8.12. The van der Waals surface area contributed by atoms with Crippen LogP contribution in [0.1, 0.15) is 17.2 Å². The van der Waals surface area contributed by atoms with Gasteiger partial charge in [0.1, 0.15) is 17.8 Å². The molecular formula is C19H19N3O4. The van der Waals surface area contributed by atoms with Crippen molar-refractivity contribution in [2.24, 2.45) is 5.73 Å². The van der Waals surface area contributed by atoms with Crippen molar-refractivity contribution in [3.8, 4) is 5.75 Å². The van der Waals surface area contributed by atoms with Gasteiger partial charge in [0.05, 0.1) is 7.11 Å². The second kappa shape index (κ2) is 7.26. The van der Waals surface area contributed by atoms with Crippen molar-refractivity contribution in [3.05, 3.63) is 65.7 Å². The summed E-state index contributed by atoms with van der Waals surface area (Å²) in [5.41, 5.74) is 6.87. The molecule has 0 bridgehead atoms. The Morgan fingerprint density at radius 3 is 2.58 bits per heavy atom. The van der Waals surface area contributed by atoms with Gasteiger partial charge in [-0.05, 0) is 23.3 Å². The first kappa shape index (κ1) is 17.5. The maximum Gasteiger partial charge on any atom is 0.325 e. The van der Waals surface area contributed by atoms with Gasteiger partial charge in [-0.1, -0.05) is 42.5 Å². The molecule has 2 aromatic carbocycles. The van der Waals surface area contributed by atoms with Crippen molar-refractivity contribution in [2.75, 3.05) is 7.11 Å². The maximum atomic E-state index is 12.8. The van der Waals surface area contributed by atoms with E-state index in [-0.39, 0.29) is 6.42 Å². The van der Waals surface area contributed by atoms with Crippen LogP contribution in [0.2, 0.25) is 0 Å². The molecule has 2 atom stereocenters. The molecule has 0 saturated carbocycles. The molecule has 7 heteroatoms. The Bertz CT molecular complexity index is 838. The van der Waals surface area contributed by atoms with Gasteiger partial charge in [-0.3, -0.25) is 9.59 Å². The average Bonchev–Trinajstić information content (AvgIpc) is 2.95. The predicted octanol–water partition coefficient (Wildman–Crippen LogP) is 1.38. The van der Waals surface area contributed by atoms with Crippen LogP contribution in [0.15, 0.2) is 54.6 Å². The molecule has 0 aromatic heterocycles. The van der Waals surface area contributed by atoms with Crippen LogP contribution in [0.4, 0.5) is 4.79 Å². The van der Waals surface area contributed by atoms with E-state index >= 15 is 0 Å². The Morgan fingerprint density at radius 1 is 1.19 bits per heavy atom. The quantitative estimate of drug-likeness (QED) is 0.766. The molecule has 1 fully saturated rings. The summed E-state index contributed by atoms with van der Waals surface area (Å²) in [6, 6.07) is 13.4. The minimum atomic E-state index is -1.06. The summed E-state index contributed by atoms with van der Waals surface area (Å²) in [5, 5.41) is 2.62. The van der Waals surface area contributed by atoms with Crippen LogP contribution in [-0.2, 0) is 16.0 Å². The maximum absolute atomic E-state index is 12.8.